The average Bonchev–Trinajstić information content (AvgIpc) is 3.16. The predicted octanol–water partition coefficient (Wildman–Crippen LogP) is 2.10. The maximum absolute atomic E-state index is 11.6. The van der Waals surface area contributed by atoms with Gasteiger partial charge in [-0.3, -0.25) is 0 Å². The lowest BCUT2D eigenvalue weighted by molar-refractivity contribution is -0.198. The topological polar surface area (TPSA) is 57.2 Å². The van der Waals surface area contributed by atoms with Gasteiger partial charge in [0.05, 0.1) is 14.2 Å². The fraction of sp³-hybridized carbons (Fsp3) is 0.632. The van der Waals surface area contributed by atoms with Gasteiger partial charge >= 0.3 is 5.97 Å². The zero-order valence-corrected chi connectivity index (χ0v) is 15.0. The normalized spacial score (nSPS) is 34.8. The Morgan fingerprint density at radius 1 is 1.16 bits per heavy atom. The van der Waals surface area contributed by atoms with Gasteiger partial charge in [0.2, 0.25) is 5.79 Å². The Balaban J connectivity index is 1.70. The van der Waals surface area contributed by atoms with Crippen molar-refractivity contribution >= 4 is 5.97 Å². The predicted molar refractivity (Wildman–Crippen MR) is 90.9 cm³/mol. The molecule has 1 aromatic carbocycles. The van der Waals surface area contributed by atoms with Crippen molar-refractivity contribution in [1.82, 2.24) is 4.90 Å². The summed E-state index contributed by atoms with van der Waals surface area (Å²) in [4.78, 5) is 14.0. The van der Waals surface area contributed by atoms with Crippen molar-refractivity contribution in [3.8, 4) is 11.5 Å². The minimum atomic E-state index is -0.736. The summed E-state index contributed by atoms with van der Waals surface area (Å²) in [6.07, 6.45) is 3.44. The number of hydrogen-bond acceptors (Lipinski definition) is 6. The highest BCUT2D eigenvalue weighted by molar-refractivity contribution is 5.72. The lowest BCUT2D eigenvalue weighted by Crippen LogP contribution is -2.53. The van der Waals surface area contributed by atoms with Gasteiger partial charge < -0.3 is 23.8 Å². The molecule has 1 aromatic rings. The molecule has 1 saturated carbocycles. The Hall–Kier alpha value is -1.79. The van der Waals surface area contributed by atoms with E-state index in [0.29, 0.717) is 6.42 Å². The zero-order chi connectivity index (χ0) is 17.7. The number of likely N-dealkylation sites (tertiary alicyclic amines) is 1. The summed E-state index contributed by atoms with van der Waals surface area (Å²) in [6, 6.07) is 6.50. The molecule has 2 heterocycles. The number of nitrogens with zero attached hydrogens (tertiary/aromatic N) is 1. The van der Waals surface area contributed by atoms with Crippen molar-refractivity contribution in [3.05, 3.63) is 23.8 Å². The van der Waals surface area contributed by atoms with Crippen molar-refractivity contribution in [2.75, 3.05) is 34.4 Å². The van der Waals surface area contributed by atoms with Crippen LogP contribution in [0, 0.1) is 0 Å². The number of carbonyl (C=O) groups is 1. The van der Waals surface area contributed by atoms with Crippen LogP contribution >= 0.6 is 0 Å². The van der Waals surface area contributed by atoms with E-state index in [0.717, 1.165) is 37.3 Å². The highest BCUT2D eigenvalue weighted by Crippen LogP contribution is 2.53. The quantitative estimate of drug-likeness (QED) is 0.781. The van der Waals surface area contributed by atoms with E-state index < -0.39 is 5.79 Å². The second-order valence-corrected chi connectivity index (χ2v) is 7.35. The van der Waals surface area contributed by atoms with E-state index in [1.165, 1.54) is 5.56 Å². The van der Waals surface area contributed by atoms with E-state index in [9.17, 15) is 4.79 Å². The lowest BCUT2D eigenvalue weighted by atomic mass is 9.64. The van der Waals surface area contributed by atoms with Crippen LogP contribution in [0.4, 0.5) is 0 Å². The van der Waals surface area contributed by atoms with Crippen molar-refractivity contribution in [2.24, 2.45) is 0 Å². The maximum Gasteiger partial charge on any atom is 0.334 e. The molecule has 1 aliphatic carbocycles. The highest BCUT2D eigenvalue weighted by Gasteiger charge is 2.58. The molecule has 25 heavy (non-hydrogen) atoms. The third kappa shape index (κ3) is 2.50. The van der Waals surface area contributed by atoms with Gasteiger partial charge in [-0.25, -0.2) is 4.79 Å². The summed E-state index contributed by atoms with van der Waals surface area (Å²) in [6.45, 7) is 1.09. The first kappa shape index (κ1) is 16.7. The van der Waals surface area contributed by atoms with Gasteiger partial charge in [0.15, 0.2) is 11.5 Å². The molecule has 0 aromatic heterocycles. The minimum Gasteiger partial charge on any atom is -0.493 e. The number of fused-ring (bicyclic) bond motifs is 1. The van der Waals surface area contributed by atoms with Crippen LogP contribution in [0.2, 0.25) is 0 Å². The van der Waals surface area contributed by atoms with Crippen LogP contribution in [-0.2, 0) is 19.7 Å². The van der Waals surface area contributed by atoms with E-state index >= 15 is 0 Å². The Bertz CT molecular complexity index is 692. The SMILES string of the molecule is COc1ccc(C23CCN(C)C2CC2(CC3)OCC(=O)O2)cc1OC. The molecular weight excluding hydrogens is 322 g/mol. The van der Waals surface area contributed by atoms with Crippen LogP contribution < -0.4 is 9.47 Å². The molecule has 6 heteroatoms. The third-order valence-corrected chi connectivity index (χ3v) is 6.25. The number of esters is 1. The van der Waals surface area contributed by atoms with Crippen molar-refractivity contribution in [1.29, 1.82) is 0 Å². The summed E-state index contributed by atoms with van der Waals surface area (Å²) >= 11 is 0. The molecule has 0 bridgehead atoms. The van der Waals surface area contributed by atoms with E-state index in [1.54, 1.807) is 14.2 Å². The standard InChI is InChI=1S/C19H25NO5/c1-20-9-8-18(13-4-5-14(22-2)15(10-13)23-3)6-7-19(11-16(18)20)24-12-17(21)25-19/h4-5,10,16H,6-9,11-12H2,1-3H3. The first-order valence-electron chi connectivity index (χ1n) is 8.80. The summed E-state index contributed by atoms with van der Waals surface area (Å²) in [5.74, 6) is 0.511. The maximum atomic E-state index is 11.6. The van der Waals surface area contributed by atoms with Crippen LogP contribution in [0.15, 0.2) is 18.2 Å². The number of rotatable bonds is 3. The highest BCUT2D eigenvalue weighted by atomic mass is 16.8. The van der Waals surface area contributed by atoms with Crippen LogP contribution in [0.25, 0.3) is 0 Å². The van der Waals surface area contributed by atoms with Gasteiger partial charge in [-0.1, -0.05) is 6.07 Å². The smallest absolute Gasteiger partial charge is 0.334 e. The molecule has 0 radical (unpaired) electrons. The summed E-state index contributed by atoms with van der Waals surface area (Å²) in [5, 5.41) is 0. The number of carbonyl (C=O) groups excluding carboxylic acids is 1. The Morgan fingerprint density at radius 3 is 2.64 bits per heavy atom. The molecule has 3 aliphatic rings. The van der Waals surface area contributed by atoms with Crippen molar-refractivity contribution in [3.63, 3.8) is 0 Å². The monoisotopic (exact) mass is 347 g/mol. The van der Waals surface area contributed by atoms with Gasteiger partial charge in [0.1, 0.15) is 6.61 Å². The largest absolute Gasteiger partial charge is 0.493 e. The molecule has 0 N–H and O–H groups in total. The number of hydrogen-bond donors (Lipinski definition) is 0. The molecule has 2 aliphatic heterocycles. The molecule has 6 nitrogen and oxygen atoms in total. The van der Waals surface area contributed by atoms with Gasteiger partial charge in [0, 0.05) is 24.3 Å². The number of likely N-dealkylation sites (N-methyl/N-ethyl adjacent to an activating group) is 1. The van der Waals surface area contributed by atoms with Crippen LogP contribution in [-0.4, -0.2) is 57.1 Å². The van der Waals surface area contributed by atoms with E-state index in [-0.39, 0.29) is 24.0 Å². The molecule has 2 saturated heterocycles. The fourth-order valence-electron chi connectivity index (χ4n) is 4.88. The summed E-state index contributed by atoms with van der Waals surface area (Å²) in [5.41, 5.74) is 1.29. The summed E-state index contributed by atoms with van der Waals surface area (Å²) < 4.78 is 22.2. The van der Waals surface area contributed by atoms with Gasteiger partial charge in [-0.15, -0.1) is 0 Å². The van der Waals surface area contributed by atoms with Crippen LogP contribution in [0.3, 0.4) is 0 Å². The molecule has 136 valence electrons. The Morgan fingerprint density at radius 2 is 1.96 bits per heavy atom. The van der Waals surface area contributed by atoms with Crippen LogP contribution in [0.5, 0.6) is 11.5 Å². The number of benzene rings is 1. The average molecular weight is 347 g/mol. The van der Waals surface area contributed by atoms with E-state index in [2.05, 4.69) is 24.1 Å². The van der Waals surface area contributed by atoms with E-state index in [1.807, 2.05) is 6.07 Å². The first-order valence-corrected chi connectivity index (χ1v) is 8.80. The molecule has 3 unspecified atom stereocenters. The third-order valence-electron chi connectivity index (χ3n) is 6.25. The van der Waals surface area contributed by atoms with Gasteiger partial charge in [-0.2, -0.15) is 0 Å². The van der Waals surface area contributed by atoms with Gasteiger partial charge in [-0.05, 0) is 44.1 Å². The second-order valence-electron chi connectivity index (χ2n) is 7.35. The molecule has 0 amide bonds. The van der Waals surface area contributed by atoms with Crippen LogP contribution in [0.1, 0.15) is 31.2 Å². The molecular formula is C19H25NO5. The molecule has 3 fully saturated rings. The summed E-state index contributed by atoms with van der Waals surface area (Å²) in [7, 11) is 5.46. The number of methoxy groups -OCH3 is 2. The molecule has 3 atom stereocenters. The lowest BCUT2D eigenvalue weighted by Gasteiger charge is -2.47. The van der Waals surface area contributed by atoms with Gasteiger partial charge in [0.25, 0.3) is 0 Å². The zero-order valence-electron chi connectivity index (χ0n) is 15.0. The minimum absolute atomic E-state index is 0.0257. The molecule has 4 rings (SSSR count). The Labute approximate surface area is 148 Å². The van der Waals surface area contributed by atoms with Crippen molar-refractivity contribution in [2.45, 2.75) is 42.9 Å². The number of ether oxygens (including phenoxy) is 4. The fourth-order valence-corrected chi connectivity index (χ4v) is 4.88. The second kappa shape index (κ2) is 5.88. The van der Waals surface area contributed by atoms with Crippen molar-refractivity contribution < 1.29 is 23.7 Å². The molecule has 1 spiro atoms. The first-order chi connectivity index (χ1) is 12.0. The van der Waals surface area contributed by atoms with E-state index in [4.69, 9.17) is 18.9 Å². The Kier molecular flexibility index (Phi) is 3.92.